The molecule has 0 aliphatic carbocycles. The van der Waals surface area contributed by atoms with Gasteiger partial charge in [-0.3, -0.25) is 4.57 Å². The average molecular weight is 753 g/mol. The first kappa shape index (κ1) is 32.1. The van der Waals surface area contributed by atoms with Gasteiger partial charge < -0.3 is 8.98 Å². The maximum atomic E-state index is 6.80. The molecule has 0 aliphatic heterocycles. The van der Waals surface area contributed by atoms with Crippen LogP contribution in [0, 0.1) is 0 Å². The highest BCUT2D eigenvalue weighted by Crippen LogP contribution is 2.45. The molecule has 0 spiro atoms. The Morgan fingerprint density at radius 1 is 0.390 bits per heavy atom. The molecule has 0 fully saturated rings. The first-order valence-electron chi connectivity index (χ1n) is 20.0. The van der Waals surface area contributed by atoms with Crippen molar-refractivity contribution >= 4 is 87.2 Å². The summed E-state index contributed by atoms with van der Waals surface area (Å²) in [5.41, 5.74) is 12.2. The Kier molecular flexibility index (Phi) is 6.66. The number of benzene rings is 9. The molecule has 0 unspecified atom stereocenters. The van der Waals surface area contributed by atoms with E-state index in [1.807, 2.05) is 6.07 Å². The van der Waals surface area contributed by atoms with Gasteiger partial charge in [-0.2, -0.15) is 0 Å². The molecule has 0 aliphatic rings. The van der Waals surface area contributed by atoms with E-state index in [0.717, 1.165) is 99.0 Å². The van der Waals surface area contributed by atoms with Crippen LogP contribution in [0.5, 0.6) is 0 Å². The van der Waals surface area contributed by atoms with Crippen LogP contribution >= 0.6 is 0 Å². The molecule has 4 aromatic heterocycles. The van der Waals surface area contributed by atoms with Gasteiger partial charge in [0, 0.05) is 43.6 Å². The molecule has 4 heterocycles. The maximum Gasteiger partial charge on any atom is 0.235 e. The van der Waals surface area contributed by atoms with Gasteiger partial charge in [-0.1, -0.05) is 146 Å². The summed E-state index contributed by atoms with van der Waals surface area (Å²) in [7, 11) is 0. The number of rotatable bonds is 4. The minimum Gasteiger partial charge on any atom is -0.455 e. The Morgan fingerprint density at radius 2 is 1.10 bits per heavy atom. The zero-order valence-electron chi connectivity index (χ0n) is 31.7. The van der Waals surface area contributed by atoms with Gasteiger partial charge in [0.2, 0.25) is 5.95 Å². The fourth-order valence-electron chi connectivity index (χ4n) is 9.47. The van der Waals surface area contributed by atoms with Crippen LogP contribution in [0.3, 0.4) is 0 Å². The van der Waals surface area contributed by atoms with E-state index in [1.54, 1.807) is 0 Å². The van der Waals surface area contributed by atoms with Crippen LogP contribution in [0.25, 0.3) is 121 Å². The minimum atomic E-state index is 0.620. The number of aromatic nitrogens is 4. The highest BCUT2D eigenvalue weighted by Gasteiger charge is 2.25. The van der Waals surface area contributed by atoms with Crippen LogP contribution in [0.4, 0.5) is 0 Å². The zero-order chi connectivity index (χ0) is 38.6. The molecule has 0 N–H and O–H groups in total. The molecule has 13 aromatic rings. The van der Waals surface area contributed by atoms with Gasteiger partial charge in [-0.05, 0) is 70.4 Å². The summed E-state index contributed by atoms with van der Waals surface area (Å²) < 4.78 is 11.5. The topological polar surface area (TPSA) is 48.8 Å². The molecule has 13 rings (SSSR count). The van der Waals surface area contributed by atoms with Crippen molar-refractivity contribution in [1.82, 2.24) is 19.1 Å². The van der Waals surface area contributed by atoms with E-state index < -0.39 is 0 Å². The van der Waals surface area contributed by atoms with Crippen LogP contribution in [-0.4, -0.2) is 19.1 Å². The summed E-state index contributed by atoms with van der Waals surface area (Å²) in [6, 6.07) is 68.9. The van der Waals surface area contributed by atoms with Crippen molar-refractivity contribution in [3.8, 4) is 34.0 Å². The van der Waals surface area contributed by atoms with Crippen LogP contribution in [-0.2, 0) is 0 Å². The Balaban J connectivity index is 1.20. The Hall–Kier alpha value is -8.02. The van der Waals surface area contributed by atoms with E-state index >= 15 is 0 Å². The van der Waals surface area contributed by atoms with E-state index in [-0.39, 0.29) is 0 Å². The van der Waals surface area contributed by atoms with Gasteiger partial charge in [0.1, 0.15) is 11.2 Å². The third kappa shape index (κ3) is 4.67. The number of fused-ring (bicyclic) bond motifs is 13. The summed E-state index contributed by atoms with van der Waals surface area (Å²) in [5.74, 6) is 0.620. The minimum absolute atomic E-state index is 0.620. The van der Waals surface area contributed by atoms with E-state index in [1.165, 1.54) is 16.3 Å². The van der Waals surface area contributed by atoms with E-state index in [9.17, 15) is 0 Å². The van der Waals surface area contributed by atoms with Crippen LogP contribution in [0.2, 0.25) is 0 Å². The predicted molar refractivity (Wildman–Crippen MR) is 244 cm³/mol. The molecular formula is C54H32N4O. The fourth-order valence-corrected chi connectivity index (χ4v) is 9.47. The number of para-hydroxylation sites is 3. The second-order valence-electron chi connectivity index (χ2n) is 15.3. The maximum absolute atomic E-state index is 6.80. The smallest absolute Gasteiger partial charge is 0.235 e. The molecule has 0 radical (unpaired) electrons. The summed E-state index contributed by atoms with van der Waals surface area (Å²) in [6.07, 6.45) is 0. The average Bonchev–Trinajstić information content (AvgIpc) is 3.97. The van der Waals surface area contributed by atoms with Crippen molar-refractivity contribution in [2.24, 2.45) is 0 Å². The standard InChI is InChI=1S/C54H32N4O/c1-2-13-33(14-3-1)36-17-12-18-38(32-36)57-47-30-29-42-40-20-8-11-24-48(40)59-53(42)49(47)44-28-27-41-39-19-7-10-23-46(39)58(51(41)52(44)57)54-55-45-22-9-6-21-43(45)50(56-54)37-26-25-34-15-4-5-16-35(34)31-37/h1-32H. The first-order chi connectivity index (χ1) is 29.3. The Labute approximate surface area is 337 Å². The lowest BCUT2D eigenvalue weighted by Crippen LogP contribution is -2.05. The number of hydrogen-bond acceptors (Lipinski definition) is 3. The van der Waals surface area contributed by atoms with E-state index in [2.05, 4.69) is 197 Å². The Morgan fingerprint density at radius 3 is 2.02 bits per heavy atom. The monoisotopic (exact) mass is 752 g/mol. The molecular weight excluding hydrogens is 721 g/mol. The lowest BCUT2D eigenvalue weighted by Gasteiger charge is -2.14. The normalized spacial score (nSPS) is 12.1. The zero-order valence-corrected chi connectivity index (χ0v) is 31.7. The van der Waals surface area contributed by atoms with Crippen molar-refractivity contribution in [2.75, 3.05) is 0 Å². The summed E-state index contributed by atoms with van der Waals surface area (Å²) in [4.78, 5) is 10.9. The van der Waals surface area contributed by atoms with Crippen LogP contribution in [0.1, 0.15) is 0 Å². The molecule has 0 bridgehead atoms. The van der Waals surface area contributed by atoms with Gasteiger partial charge in [-0.25, -0.2) is 9.97 Å². The highest BCUT2D eigenvalue weighted by atomic mass is 16.3. The SMILES string of the molecule is c1ccc(-c2cccc(-n3c4ccc5c6ccccc6oc5c4c4ccc5c6ccccc6n(-c6nc(-c7ccc8ccccc8c7)c7ccccc7n6)c5c43)c2)cc1. The molecule has 9 aromatic carbocycles. The van der Waals surface area contributed by atoms with Gasteiger partial charge in [0.05, 0.1) is 38.7 Å². The lowest BCUT2D eigenvalue weighted by atomic mass is 10.0. The third-order valence-corrected chi connectivity index (χ3v) is 12.1. The quantitative estimate of drug-likeness (QED) is 0.180. The molecule has 0 atom stereocenters. The summed E-state index contributed by atoms with van der Waals surface area (Å²) in [6.45, 7) is 0. The molecule has 5 nitrogen and oxygen atoms in total. The number of hydrogen-bond donors (Lipinski definition) is 0. The van der Waals surface area contributed by atoms with E-state index in [0.29, 0.717) is 5.95 Å². The predicted octanol–water partition coefficient (Wildman–Crippen LogP) is 14.2. The molecule has 274 valence electrons. The van der Waals surface area contributed by atoms with Crippen molar-refractivity contribution in [1.29, 1.82) is 0 Å². The first-order valence-corrected chi connectivity index (χ1v) is 20.0. The molecule has 0 saturated heterocycles. The van der Waals surface area contributed by atoms with Crippen molar-refractivity contribution < 1.29 is 4.42 Å². The third-order valence-electron chi connectivity index (χ3n) is 12.1. The van der Waals surface area contributed by atoms with Crippen LogP contribution < -0.4 is 0 Å². The molecule has 0 saturated carbocycles. The Bertz CT molecular complexity index is 3850. The summed E-state index contributed by atoms with van der Waals surface area (Å²) in [5, 5.41) is 10.0. The van der Waals surface area contributed by atoms with Crippen molar-refractivity contribution in [2.45, 2.75) is 0 Å². The summed E-state index contributed by atoms with van der Waals surface area (Å²) >= 11 is 0. The molecule has 59 heavy (non-hydrogen) atoms. The van der Waals surface area contributed by atoms with Crippen molar-refractivity contribution in [3.05, 3.63) is 194 Å². The van der Waals surface area contributed by atoms with Gasteiger partial charge in [0.15, 0.2) is 0 Å². The van der Waals surface area contributed by atoms with Crippen molar-refractivity contribution in [3.63, 3.8) is 0 Å². The second-order valence-corrected chi connectivity index (χ2v) is 15.3. The molecule has 5 heteroatoms. The van der Waals surface area contributed by atoms with Gasteiger partial charge in [-0.15, -0.1) is 0 Å². The van der Waals surface area contributed by atoms with Gasteiger partial charge >= 0.3 is 0 Å². The largest absolute Gasteiger partial charge is 0.455 e. The van der Waals surface area contributed by atoms with Gasteiger partial charge in [0.25, 0.3) is 0 Å². The number of nitrogens with zero attached hydrogens (tertiary/aromatic N) is 4. The lowest BCUT2D eigenvalue weighted by molar-refractivity contribution is 0.673. The number of furan rings is 1. The molecule has 0 amide bonds. The second kappa shape index (κ2) is 12.2. The van der Waals surface area contributed by atoms with Crippen LogP contribution in [0.15, 0.2) is 199 Å². The highest BCUT2D eigenvalue weighted by molar-refractivity contribution is 6.29. The fraction of sp³-hybridized carbons (Fsp3) is 0. The van der Waals surface area contributed by atoms with E-state index in [4.69, 9.17) is 14.4 Å².